The smallest absolute Gasteiger partial charge is 0.462 e. The first-order valence-electron chi connectivity index (χ1n) is 26.8. The molecule has 0 amide bonds. The first-order chi connectivity index (χ1) is 30.0. The topological polar surface area (TPSA) is 108 Å². The lowest BCUT2D eigenvalue weighted by Gasteiger charge is -2.24. The Morgan fingerprint density at radius 1 is 0.435 bits per heavy atom. The maximum atomic E-state index is 12.8. The molecule has 0 aromatic rings. The number of hydrogen-bond donors (Lipinski definition) is 1. The van der Waals surface area contributed by atoms with Gasteiger partial charge in [0.2, 0.25) is 0 Å². The summed E-state index contributed by atoms with van der Waals surface area (Å²) in [6.45, 7) is 4.49. The minimum Gasteiger partial charge on any atom is -0.462 e. The van der Waals surface area contributed by atoms with Crippen LogP contribution in [0.5, 0.6) is 0 Å². The highest BCUT2D eigenvalue weighted by atomic mass is 31.2. The van der Waals surface area contributed by atoms with Crippen molar-refractivity contribution >= 4 is 19.8 Å². The van der Waals surface area contributed by atoms with Crippen LogP contribution in [0.3, 0.4) is 0 Å². The van der Waals surface area contributed by atoms with E-state index in [1.165, 1.54) is 205 Å². The van der Waals surface area contributed by atoms with E-state index < -0.39 is 26.5 Å². The molecular formula is C52H105NO8P+. The van der Waals surface area contributed by atoms with E-state index in [2.05, 4.69) is 13.8 Å². The van der Waals surface area contributed by atoms with Crippen LogP contribution >= 0.6 is 7.82 Å². The maximum Gasteiger partial charge on any atom is 0.472 e. The minimum atomic E-state index is -4.37. The molecule has 9 nitrogen and oxygen atoms in total. The van der Waals surface area contributed by atoms with Gasteiger partial charge >= 0.3 is 19.8 Å². The second-order valence-electron chi connectivity index (χ2n) is 19.6. The number of unbranched alkanes of at least 4 members (excludes halogenated alkanes) is 36. The first kappa shape index (κ1) is 61.0. The fourth-order valence-electron chi connectivity index (χ4n) is 7.96. The average molecular weight is 903 g/mol. The lowest BCUT2D eigenvalue weighted by Crippen LogP contribution is -2.37. The Labute approximate surface area is 384 Å². The molecule has 0 aliphatic heterocycles. The quantitative estimate of drug-likeness (QED) is 0.0278. The molecule has 0 aromatic heterocycles. The number of esters is 2. The van der Waals surface area contributed by atoms with Crippen molar-refractivity contribution in [2.75, 3.05) is 47.5 Å². The van der Waals surface area contributed by atoms with Crippen LogP contribution in [0.4, 0.5) is 0 Å². The van der Waals surface area contributed by atoms with Crippen molar-refractivity contribution in [3.8, 4) is 0 Å². The molecule has 0 bridgehead atoms. The van der Waals surface area contributed by atoms with Gasteiger partial charge in [0.05, 0.1) is 27.7 Å². The molecular weight excluding hydrogens is 798 g/mol. The summed E-state index contributed by atoms with van der Waals surface area (Å²) in [5.74, 6) is -0.777. The fourth-order valence-corrected chi connectivity index (χ4v) is 8.70. The second-order valence-corrected chi connectivity index (χ2v) is 21.1. The highest BCUT2D eigenvalue weighted by molar-refractivity contribution is 7.47. The van der Waals surface area contributed by atoms with E-state index in [0.29, 0.717) is 17.4 Å². The number of phosphoric ester groups is 1. The van der Waals surface area contributed by atoms with Crippen LogP contribution in [0.2, 0.25) is 0 Å². The molecule has 62 heavy (non-hydrogen) atoms. The number of likely N-dealkylation sites (N-methyl/N-ethyl adjacent to an activating group) is 1. The number of rotatable bonds is 50. The third kappa shape index (κ3) is 48.5. The van der Waals surface area contributed by atoms with Crippen LogP contribution in [0.15, 0.2) is 0 Å². The van der Waals surface area contributed by atoms with Crippen molar-refractivity contribution in [2.24, 2.45) is 0 Å². The van der Waals surface area contributed by atoms with Gasteiger partial charge < -0.3 is 18.9 Å². The summed E-state index contributed by atoms with van der Waals surface area (Å²) in [5.41, 5.74) is 0. The third-order valence-electron chi connectivity index (χ3n) is 12.1. The molecule has 0 saturated carbocycles. The number of nitrogens with zero attached hydrogens (tertiary/aromatic N) is 1. The van der Waals surface area contributed by atoms with E-state index in [1.54, 1.807) is 0 Å². The van der Waals surface area contributed by atoms with Gasteiger partial charge in [0.15, 0.2) is 6.10 Å². The van der Waals surface area contributed by atoms with E-state index in [-0.39, 0.29) is 25.6 Å². The van der Waals surface area contributed by atoms with Crippen molar-refractivity contribution in [3.63, 3.8) is 0 Å². The van der Waals surface area contributed by atoms with Crippen LogP contribution in [0.25, 0.3) is 0 Å². The van der Waals surface area contributed by atoms with Gasteiger partial charge in [0.1, 0.15) is 19.8 Å². The van der Waals surface area contributed by atoms with Gasteiger partial charge in [-0.15, -0.1) is 0 Å². The van der Waals surface area contributed by atoms with E-state index >= 15 is 0 Å². The Morgan fingerprint density at radius 3 is 1.03 bits per heavy atom. The van der Waals surface area contributed by atoms with Crippen molar-refractivity contribution in [1.29, 1.82) is 0 Å². The molecule has 10 heteroatoms. The van der Waals surface area contributed by atoms with Gasteiger partial charge in [-0.25, -0.2) is 4.57 Å². The molecule has 0 spiro atoms. The Bertz CT molecular complexity index is 1020. The van der Waals surface area contributed by atoms with Gasteiger partial charge in [-0.05, 0) is 12.8 Å². The predicted molar refractivity (Wildman–Crippen MR) is 261 cm³/mol. The van der Waals surface area contributed by atoms with Gasteiger partial charge in [0, 0.05) is 12.8 Å². The fraction of sp³-hybridized carbons (Fsp3) is 0.962. The molecule has 0 rings (SSSR count). The van der Waals surface area contributed by atoms with Crippen molar-refractivity contribution in [2.45, 2.75) is 277 Å². The molecule has 0 radical (unpaired) electrons. The van der Waals surface area contributed by atoms with E-state index in [0.717, 1.165) is 38.5 Å². The van der Waals surface area contributed by atoms with E-state index in [1.807, 2.05) is 21.1 Å². The normalized spacial score (nSPS) is 13.3. The maximum absolute atomic E-state index is 12.8. The standard InChI is InChI=1S/C52H104NO8P/c1-6-8-10-12-14-16-18-20-22-23-24-25-26-27-28-29-30-31-33-35-37-39-41-43-45-52(55)61-50(49-60-62(56,57)59-47-46-53(3,4)5)48-58-51(54)44-42-40-38-36-34-32-21-19-17-15-13-11-9-7-2/h50H,6-49H2,1-5H3/p+1. The summed E-state index contributed by atoms with van der Waals surface area (Å²) in [6.07, 6.45) is 48.8. The van der Waals surface area contributed by atoms with Crippen LogP contribution in [0.1, 0.15) is 271 Å². The molecule has 0 heterocycles. The monoisotopic (exact) mass is 903 g/mol. The highest BCUT2D eigenvalue weighted by Crippen LogP contribution is 2.43. The zero-order valence-corrected chi connectivity index (χ0v) is 42.8. The molecule has 2 atom stereocenters. The Morgan fingerprint density at radius 2 is 0.726 bits per heavy atom. The lowest BCUT2D eigenvalue weighted by atomic mass is 10.0. The van der Waals surface area contributed by atoms with Gasteiger partial charge in [0.25, 0.3) is 0 Å². The zero-order valence-electron chi connectivity index (χ0n) is 41.9. The summed E-state index contributed by atoms with van der Waals surface area (Å²) in [7, 11) is 1.50. The molecule has 0 aromatic carbocycles. The zero-order chi connectivity index (χ0) is 45.7. The number of ether oxygens (including phenoxy) is 2. The Kier molecular flexibility index (Phi) is 44.5. The van der Waals surface area contributed by atoms with Gasteiger partial charge in [-0.1, -0.05) is 245 Å². The number of quaternary nitrogens is 1. The number of phosphoric acid groups is 1. The van der Waals surface area contributed by atoms with Crippen LogP contribution < -0.4 is 0 Å². The molecule has 0 aliphatic rings. The SMILES string of the molecule is CCCCCCCCCCCCCCCCCCCCCCCCCCC(=O)OC(COC(=O)CCCCCCCCCCCCCCCC)COP(=O)(O)OCC[N+](C)(C)C. The molecule has 0 aliphatic carbocycles. The number of carbonyl (C=O) groups is 2. The Hall–Kier alpha value is -0.990. The summed E-state index contributed by atoms with van der Waals surface area (Å²) in [4.78, 5) is 35.5. The van der Waals surface area contributed by atoms with Crippen LogP contribution in [0, 0.1) is 0 Å². The summed E-state index contributed by atoms with van der Waals surface area (Å²) in [5, 5.41) is 0. The summed E-state index contributed by atoms with van der Waals surface area (Å²) in [6, 6.07) is 0. The second kappa shape index (κ2) is 45.2. The molecule has 370 valence electrons. The number of carbonyl (C=O) groups excluding carboxylic acids is 2. The summed E-state index contributed by atoms with van der Waals surface area (Å²) >= 11 is 0. The summed E-state index contributed by atoms with van der Waals surface area (Å²) < 4.78 is 34.5. The van der Waals surface area contributed by atoms with Crippen LogP contribution in [-0.4, -0.2) is 74.9 Å². The highest BCUT2D eigenvalue weighted by Gasteiger charge is 2.27. The molecule has 2 unspecified atom stereocenters. The van der Waals surface area contributed by atoms with Crippen LogP contribution in [-0.2, 0) is 32.7 Å². The van der Waals surface area contributed by atoms with E-state index in [4.69, 9.17) is 18.5 Å². The van der Waals surface area contributed by atoms with Gasteiger partial charge in [-0.2, -0.15) is 0 Å². The van der Waals surface area contributed by atoms with E-state index in [9.17, 15) is 19.0 Å². The van der Waals surface area contributed by atoms with Crippen molar-refractivity contribution < 1.29 is 42.1 Å². The largest absolute Gasteiger partial charge is 0.472 e. The van der Waals surface area contributed by atoms with Crippen molar-refractivity contribution in [3.05, 3.63) is 0 Å². The third-order valence-corrected chi connectivity index (χ3v) is 13.1. The minimum absolute atomic E-state index is 0.0372. The average Bonchev–Trinajstić information content (AvgIpc) is 3.23. The van der Waals surface area contributed by atoms with Crippen molar-refractivity contribution in [1.82, 2.24) is 0 Å². The molecule has 0 fully saturated rings. The van der Waals surface area contributed by atoms with Gasteiger partial charge in [-0.3, -0.25) is 18.6 Å². The Balaban J connectivity index is 4.12. The first-order valence-corrected chi connectivity index (χ1v) is 28.3. The predicted octanol–water partition coefficient (Wildman–Crippen LogP) is 15.9. The lowest BCUT2D eigenvalue weighted by molar-refractivity contribution is -0.870. The molecule has 0 saturated heterocycles. The molecule has 1 N–H and O–H groups in total. The number of hydrogen-bond acceptors (Lipinski definition) is 7.